The summed E-state index contributed by atoms with van der Waals surface area (Å²) in [6.07, 6.45) is -0.218. The molecule has 10 nitrogen and oxygen atoms in total. The predicted octanol–water partition coefficient (Wildman–Crippen LogP) is 5.70. The maximum Gasteiger partial charge on any atom is 0.425 e. The molecule has 218 valence electrons. The van der Waals surface area contributed by atoms with Gasteiger partial charge in [0.25, 0.3) is 0 Å². The zero-order chi connectivity index (χ0) is 30.1. The molecule has 11 heteroatoms. The van der Waals surface area contributed by atoms with Crippen LogP contribution in [0.4, 0.5) is 15.4 Å². The minimum absolute atomic E-state index is 0.00305. The number of β-lactam (4-membered cyclic amide) rings is 1. The van der Waals surface area contributed by atoms with Gasteiger partial charge in [0.1, 0.15) is 23.1 Å². The molecule has 1 aliphatic heterocycles. The van der Waals surface area contributed by atoms with Crippen molar-refractivity contribution in [1.29, 1.82) is 0 Å². The second-order valence-corrected chi connectivity index (χ2v) is 18.4. The number of hydrogen-bond acceptors (Lipinski definition) is 8. The lowest BCUT2D eigenvalue weighted by Crippen LogP contribution is -2.75. The average molecular weight is 564 g/mol. The lowest BCUT2D eigenvalue weighted by molar-refractivity contribution is -0.167. The third kappa shape index (κ3) is 7.58. The first-order valence-corrected chi connectivity index (χ1v) is 16.3. The normalized spacial score (nSPS) is 18.3. The summed E-state index contributed by atoms with van der Waals surface area (Å²) in [5.74, 6) is -1.17. The predicted molar refractivity (Wildman–Crippen MR) is 151 cm³/mol. The van der Waals surface area contributed by atoms with Crippen LogP contribution in [-0.2, 0) is 30.2 Å². The van der Waals surface area contributed by atoms with E-state index in [9.17, 15) is 19.2 Å². The average Bonchev–Trinajstić information content (AvgIpc) is 2.72. The summed E-state index contributed by atoms with van der Waals surface area (Å²) in [6.45, 7) is 22.5. The number of anilines is 1. The van der Waals surface area contributed by atoms with Crippen molar-refractivity contribution in [3.05, 3.63) is 23.9 Å². The molecule has 39 heavy (non-hydrogen) atoms. The SMILES string of the molecule is CCOC(=O)[C@@H]1[C@@H](Cc2ccnc(N(C(=O)OC(C)(C)C)C(=O)OC(C)(C)C)c2)C(=O)N1[Si](C)(C)C(C)(C)C. The molecule has 0 radical (unpaired) electrons. The van der Waals surface area contributed by atoms with Crippen LogP contribution in [0.5, 0.6) is 0 Å². The van der Waals surface area contributed by atoms with Gasteiger partial charge < -0.3 is 18.8 Å². The molecular weight excluding hydrogens is 518 g/mol. The van der Waals surface area contributed by atoms with Gasteiger partial charge in [-0.25, -0.2) is 19.4 Å². The number of carbonyl (C=O) groups excluding carboxylic acids is 4. The van der Waals surface area contributed by atoms with Gasteiger partial charge in [0.2, 0.25) is 5.91 Å². The quantitative estimate of drug-likeness (QED) is 0.187. The van der Waals surface area contributed by atoms with Crippen LogP contribution in [-0.4, -0.2) is 65.7 Å². The molecule has 0 N–H and O–H groups in total. The van der Waals surface area contributed by atoms with E-state index in [1.165, 1.54) is 6.20 Å². The van der Waals surface area contributed by atoms with Gasteiger partial charge in [0, 0.05) is 6.20 Å². The molecule has 1 saturated heterocycles. The highest BCUT2D eigenvalue weighted by atomic mass is 28.3. The minimum atomic E-state index is -2.36. The van der Waals surface area contributed by atoms with E-state index in [4.69, 9.17) is 14.2 Å². The maximum atomic E-state index is 13.5. The molecule has 1 aliphatic rings. The second-order valence-electron chi connectivity index (χ2n) is 13.3. The van der Waals surface area contributed by atoms with Crippen LogP contribution >= 0.6 is 0 Å². The van der Waals surface area contributed by atoms with Crippen molar-refractivity contribution in [3.8, 4) is 0 Å². The van der Waals surface area contributed by atoms with Crippen LogP contribution in [0, 0.1) is 5.92 Å². The third-order valence-corrected chi connectivity index (χ3v) is 12.2. The molecule has 0 unspecified atom stereocenters. The fourth-order valence-electron chi connectivity index (χ4n) is 4.07. The Labute approximate surface area is 233 Å². The Hall–Kier alpha value is -2.95. The fourth-order valence-corrected chi connectivity index (χ4v) is 6.49. The summed E-state index contributed by atoms with van der Waals surface area (Å²) in [5, 5.41) is -0.163. The van der Waals surface area contributed by atoms with E-state index >= 15 is 0 Å². The van der Waals surface area contributed by atoms with E-state index in [1.807, 2.05) is 0 Å². The van der Waals surface area contributed by atoms with Crippen LogP contribution < -0.4 is 4.90 Å². The molecule has 3 amide bonds. The molecule has 2 rings (SSSR count). The summed E-state index contributed by atoms with van der Waals surface area (Å²) in [6, 6.07) is 2.53. The summed E-state index contributed by atoms with van der Waals surface area (Å²) >= 11 is 0. The van der Waals surface area contributed by atoms with Crippen LogP contribution in [0.1, 0.15) is 74.8 Å². The van der Waals surface area contributed by atoms with Crippen LogP contribution in [0.15, 0.2) is 18.3 Å². The summed E-state index contributed by atoms with van der Waals surface area (Å²) < 4.78 is 18.0. The molecule has 2 atom stereocenters. The summed E-state index contributed by atoms with van der Waals surface area (Å²) in [4.78, 5) is 57.6. The van der Waals surface area contributed by atoms with Gasteiger partial charge in [-0.15, -0.1) is 0 Å². The Bertz CT molecular complexity index is 1070. The Morgan fingerprint density at radius 2 is 1.49 bits per heavy atom. The Balaban J connectivity index is 2.45. The molecule has 2 heterocycles. The van der Waals surface area contributed by atoms with E-state index in [0.29, 0.717) is 5.56 Å². The number of amides is 3. The zero-order valence-corrected chi connectivity index (χ0v) is 26.5. The lowest BCUT2D eigenvalue weighted by atomic mass is 9.85. The molecular formula is C28H45N3O7Si. The monoisotopic (exact) mass is 563 g/mol. The minimum Gasteiger partial charge on any atom is -0.464 e. The van der Waals surface area contributed by atoms with Crippen molar-refractivity contribution < 1.29 is 33.4 Å². The van der Waals surface area contributed by atoms with E-state index < -0.39 is 49.6 Å². The third-order valence-electron chi connectivity index (χ3n) is 6.83. The van der Waals surface area contributed by atoms with Crippen molar-refractivity contribution in [2.45, 2.75) is 111 Å². The van der Waals surface area contributed by atoms with Crippen molar-refractivity contribution >= 4 is 38.1 Å². The Morgan fingerprint density at radius 3 is 1.92 bits per heavy atom. The summed E-state index contributed by atoms with van der Waals surface area (Å²) in [5.41, 5.74) is -1.11. The van der Waals surface area contributed by atoms with E-state index in [2.05, 4.69) is 38.8 Å². The molecule has 1 fully saturated rings. The van der Waals surface area contributed by atoms with Crippen molar-refractivity contribution in [2.75, 3.05) is 11.5 Å². The maximum absolute atomic E-state index is 13.5. The highest BCUT2D eigenvalue weighted by Crippen LogP contribution is 2.45. The highest BCUT2D eigenvalue weighted by molar-refractivity contribution is 6.80. The number of ether oxygens (including phenoxy) is 3. The largest absolute Gasteiger partial charge is 0.464 e. The lowest BCUT2D eigenvalue weighted by Gasteiger charge is -2.57. The Morgan fingerprint density at radius 1 is 0.974 bits per heavy atom. The van der Waals surface area contributed by atoms with Gasteiger partial charge >= 0.3 is 18.2 Å². The highest BCUT2D eigenvalue weighted by Gasteiger charge is 2.60. The van der Waals surface area contributed by atoms with Gasteiger partial charge in [-0.1, -0.05) is 33.9 Å². The zero-order valence-electron chi connectivity index (χ0n) is 25.5. The number of esters is 1. The fraction of sp³-hybridized carbons (Fsp3) is 0.679. The smallest absolute Gasteiger partial charge is 0.425 e. The number of rotatable bonds is 6. The Kier molecular flexibility index (Phi) is 9.32. The number of pyridine rings is 1. The number of nitrogens with zero attached hydrogens (tertiary/aromatic N) is 3. The number of aromatic nitrogens is 1. The molecule has 0 aliphatic carbocycles. The van der Waals surface area contributed by atoms with Gasteiger partial charge in [-0.2, -0.15) is 4.90 Å². The first-order valence-electron chi connectivity index (χ1n) is 13.3. The number of imide groups is 1. The van der Waals surface area contributed by atoms with Gasteiger partial charge in [-0.05, 0) is 77.6 Å². The second kappa shape index (κ2) is 11.3. The molecule has 0 aromatic carbocycles. The summed E-state index contributed by atoms with van der Waals surface area (Å²) in [7, 11) is -2.36. The molecule has 0 spiro atoms. The standard InChI is InChI=1S/C28H45N3O7Si/c1-13-36-23(33)21-19(22(32)31(21)39(11,12)28(8,9)10)16-18-14-15-29-20(17-18)30(24(34)37-26(2,3)4)25(35)38-27(5,6)7/h14-15,17,19,21H,13,16H2,1-12H3/t19-,21+/m1/s1. The van der Waals surface area contributed by atoms with Crippen molar-refractivity contribution in [3.63, 3.8) is 0 Å². The van der Waals surface area contributed by atoms with Crippen molar-refractivity contribution in [1.82, 2.24) is 9.55 Å². The molecule has 0 bridgehead atoms. The van der Waals surface area contributed by atoms with Gasteiger partial charge in [0.05, 0.1) is 12.5 Å². The topological polar surface area (TPSA) is 115 Å². The molecule has 0 saturated carbocycles. The van der Waals surface area contributed by atoms with Crippen LogP contribution in [0.3, 0.4) is 0 Å². The van der Waals surface area contributed by atoms with Crippen molar-refractivity contribution in [2.24, 2.45) is 5.92 Å². The molecule has 1 aromatic heterocycles. The first kappa shape index (κ1) is 32.3. The van der Waals surface area contributed by atoms with E-state index in [0.717, 1.165) is 4.90 Å². The van der Waals surface area contributed by atoms with Gasteiger partial charge in [-0.3, -0.25) is 4.79 Å². The van der Waals surface area contributed by atoms with E-state index in [-0.39, 0.29) is 29.8 Å². The number of carbonyl (C=O) groups is 4. The van der Waals surface area contributed by atoms with Crippen LogP contribution in [0.2, 0.25) is 18.1 Å². The van der Waals surface area contributed by atoms with Crippen LogP contribution in [0.25, 0.3) is 0 Å². The van der Waals surface area contributed by atoms with Gasteiger partial charge in [0.15, 0.2) is 8.24 Å². The number of hydrogen-bond donors (Lipinski definition) is 0. The molecule has 1 aromatic rings. The first-order chi connectivity index (χ1) is 17.6. The van der Waals surface area contributed by atoms with E-state index in [1.54, 1.807) is 65.2 Å².